The Balaban J connectivity index is 1.78. The Morgan fingerprint density at radius 3 is 2.96 bits per heavy atom. The smallest absolute Gasteiger partial charge is 0.352 e. The van der Waals surface area contributed by atoms with Gasteiger partial charge in [-0.3, -0.25) is 14.5 Å². The van der Waals surface area contributed by atoms with Gasteiger partial charge in [0.15, 0.2) is 0 Å². The SMILES string of the molecule is CC(=O)Nn1nnnc1SCC1=C(C(=O)O)N2C(=O)[C@@H](N)[C@H]2SC1. The number of carboxylic acids is 1. The molecule has 0 spiro atoms. The summed E-state index contributed by atoms with van der Waals surface area (Å²) in [5.41, 5.74) is 8.66. The highest BCUT2D eigenvalue weighted by Gasteiger charge is 2.51. The third-order valence-electron chi connectivity index (χ3n) is 3.37. The number of hydrogen-bond acceptors (Lipinski definition) is 9. The van der Waals surface area contributed by atoms with Crippen molar-refractivity contribution in [3.8, 4) is 0 Å². The highest BCUT2D eigenvalue weighted by Crippen LogP contribution is 2.40. The van der Waals surface area contributed by atoms with E-state index in [9.17, 15) is 19.5 Å². The Bertz CT molecular complexity index is 748. The van der Waals surface area contributed by atoms with E-state index in [4.69, 9.17) is 5.73 Å². The van der Waals surface area contributed by atoms with Crippen molar-refractivity contribution in [1.82, 2.24) is 25.2 Å². The van der Waals surface area contributed by atoms with Crippen molar-refractivity contribution in [3.63, 3.8) is 0 Å². The van der Waals surface area contributed by atoms with Crippen LogP contribution < -0.4 is 11.2 Å². The predicted molar refractivity (Wildman–Crippen MR) is 84.3 cm³/mol. The van der Waals surface area contributed by atoms with Gasteiger partial charge in [-0.15, -0.1) is 16.6 Å². The molecule has 2 aliphatic rings. The molecule has 0 bridgehead atoms. The standard InChI is InChI=1S/C11H13N7O4S2/c1-4(19)14-18-11(13-15-16-18)24-3-5-2-23-9-6(12)8(20)17(9)7(5)10(21)22/h6,9H,2-3,12H2,1H3,(H,14,19)(H,21,22)/t6-,9-/m1/s1. The lowest BCUT2D eigenvalue weighted by Gasteiger charge is -2.48. The van der Waals surface area contributed by atoms with E-state index < -0.39 is 17.9 Å². The number of nitrogens with zero attached hydrogens (tertiary/aromatic N) is 5. The number of fused-ring (bicyclic) bond motifs is 1. The second-order valence-corrected chi connectivity index (χ2v) is 7.07. The van der Waals surface area contributed by atoms with Gasteiger partial charge in [-0.25, -0.2) is 10.2 Å². The summed E-state index contributed by atoms with van der Waals surface area (Å²) >= 11 is 2.58. The number of amides is 2. The molecule has 13 heteroatoms. The average molecular weight is 371 g/mol. The number of nitrogens with two attached hydrogens (primary N) is 1. The first-order chi connectivity index (χ1) is 11.4. The number of β-lactam (4-membered cyclic amide) rings is 1. The largest absolute Gasteiger partial charge is 0.477 e. The van der Waals surface area contributed by atoms with Crippen LogP contribution in [0.3, 0.4) is 0 Å². The fourth-order valence-electron chi connectivity index (χ4n) is 2.33. The van der Waals surface area contributed by atoms with Gasteiger partial charge in [0.2, 0.25) is 17.0 Å². The number of carbonyl (C=O) groups excluding carboxylic acids is 2. The Morgan fingerprint density at radius 2 is 2.29 bits per heavy atom. The summed E-state index contributed by atoms with van der Waals surface area (Å²) in [5, 5.41) is 20.3. The summed E-state index contributed by atoms with van der Waals surface area (Å²) in [6.45, 7) is 1.32. The second-order valence-electron chi connectivity index (χ2n) is 5.02. The first-order valence-corrected chi connectivity index (χ1v) is 8.78. The molecule has 2 atom stereocenters. The molecule has 0 radical (unpaired) electrons. The summed E-state index contributed by atoms with van der Waals surface area (Å²) in [4.78, 5) is 36.9. The number of aromatic nitrogens is 4. The van der Waals surface area contributed by atoms with Gasteiger partial charge >= 0.3 is 5.97 Å². The fourth-order valence-corrected chi connectivity index (χ4v) is 4.59. The van der Waals surface area contributed by atoms with E-state index in [1.807, 2.05) is 0 Å². The molecule has 0 aromatic carbocycles. The van der Waals surface area contributed by atoms with Crippen molar-refractivity contribution in [2.75, 3.05) is 16.9 Å². The Morgan fingerprint density at radius 1 is 1.54 bits per heavy atom. The minimum Gasteiger partial charge on any atom is -0.477 e. The number of carboxylic acid groups (broad SMARTS) is 1. The second kappa shape index (κ2) is 6.41. The number of hydrogen-bond donors (Lipinski definition) is 3. The van der Waals surface area contributed by atoms with Crippen molar-refractivity contribution >= 4 is 41.3 Å². The molecule has 1 aromatic rings. The molecule has 11 nitrogen and oxygen atoms in total. The lowest BCUT2D eigenvalue weighted by molar-refractivity contribution is -0.147. The molecule has 128 valence electrons. The Hall–Kier alpha value is -2.12. The normalized spacial score (nSPS) is 22.9. The van der Waals surface area contributed by atoms with E-state index in [0.29, 0.717) is 16.5 Å². The average Bonchev–Trinajstić information content (AvgIpc) is 2.97. The zero-order valence-electron chi connectivity index (χ0n) is 12.4. The van der Waals surface area contributed by atoms with Crippen molar-refractivity contribution in [2.45, 2.75) is 23.5 Å². The number of carbonyl (C=O) groups is 3. The summed E-state index contributed by atoms with van der Waals surface area (Å²) in [5.74, 6) is -1.20. The van der Waals surface area contributed by atoms with Crippen LogP contribution in [0.2, 0.25) is 0 Å². The minimum atomic E-state index is -1.17. The summed E-state index contributed by atoms with van der Waals surface area (Å²) in [6, 6.07) is -0.661. The molecule has 1 fully saturated rings. The topological polar surface area (TPSA) is 156 Å². The van der Waals surface area contributed by atoms with Gasteiger partial charge in [0.05, 0.1) is 0 Å². The van der Waals surface area contributed by atoms with Crippen molar-refractivity contribution in [3.05, 3.63) is 11.3 Å². The van der Waals surface area contributed by atoms with Crippen molar-refractivity contribution < 1.29 is 19.5 Å². The van der Waals surface area contributed by atoms with Crippen molar-refractivity contribution in [1.29, 1.82) is 0 Å². The number of nitrogens with one attached hydrogen (secondary N) is 1. The molecule has 3 heterocycles. The lowest BCUT2D eigenvalue weighted by Crippen LogP contribution is -2.68. The molecule has 24 heavy (non-hydrogen) atoms. The molecule has 2 amide bonds. The quantitative estimate of drug-likeness (QED) is 0.408. The number of rotatable bonds is 5. The van der Waals surface area contributed by atoms with Crippen LogP contribution in [-0.4, -0.2) is 71.0 Å². The zero-order valence-corrected chi connectivity index (χ0v) is 14.0. The van der Waals surface area contributed by atoms with Crippen LogP contribution in [0.5, 0.6) is 0 Å². The van der Waals surface area contributed by atoms with E-state index in [1.165, 1.54) is 23.6 Å². The van der Waals surface area contributed by atoms with E-state index in [0.717, 1.165) is 16.6 Å². The summed E-state index contributed by atoms with van der Waals surface area (Å²) < 4.78 is 0. The lowest BCUT2D eigenvalue weighted by atomic mass is 10.0. The molecule has 0 aliphatic carbocycles. The fraction of sp³-hybridized carbons (Fsp3) is 0.455. The van der Waals surface area contributed by atoms with Gasteiger partial charge in [0.25, 0.3) is 0 Å². The predicted octanol–water partition coefficient (Wildman–Crippen LogP) is -1.56. The number of thioether (sulfide) groups is 2. The minimum absolute atomic E-state index is 0.0310. The zero-order chi connectivity index (χ0) is 17.4. The molecule has 4 N–H and O–H groups in total. The number of aliphatic carboxylic acids is 1. The maximum absolute atomic E-state index is 11.9. The van der Waals surface area contributed by atoms with Gasteiger partial charge in [-0.2, -0.15) is 0 Å². The Labute approximate surface area is 144 Å². The van der Waals surface area contributed by atoms with Crippen LogP contribution in [0.25, 0.3) is 0 Å². The van der Waals surface area contributed by atoms with Gasteiger partial charge < -0.3 is 10.8 Å². The van der Waals surface area contributed by atoms with E-state index in [-0.39, 0.29) is 22.7 Å². The molecular formula is C11H13N7O4S2. The first kappa shape index (κ1) is 16.7. The van der Waals surface area contributed by atoms with Gasteiger partial charge in [-0.1, -0.05) is 16.9 Å². The van der Waals surface area contributed by atoms with Crippen molar-refractivity contribution in [2.24, 2.45) is 5.73 Å². The van der Waals surface area contributed by atoms with E-state index in [2.05, 4.69) is 21.0 Å². The monoisotopic (exact) mass is 371 g/mol. The van der Waals surface area contributed by atoms with Gasteiger partial charge in [0.1, 0.15) is 17.1 Å². The van der Waals surface area contributed by atoms with Crippen LogP contribution in [0.15, 0.2) is 16.4 Å². The van der Waals surface area contributed by atoms with E-state index >= 15 is 0 Å². The van der Waals surface area contributed by atoms with Crippen LogP contribution in [0.4, 0.5) is 0 Å². The highest BCUT2D eigenvalue weighted by molar-refractivity contribution is 8.01. The summed E-state index contributed by atoms with van der Waals surface area (Å²) in [6.07, 6.45) is 0. The van der Waals surface area contributed by atoms with E-state index in [1.54, 1.807) is 0 Å². The van der Waals surface area contributed by atoms with Crippen LogP contribution in [0.1, 0.15) is 6.92 Å². The molecule has 2 aliphatic heterocycles. The molecule has 1 saturated heterocycles. The van der Waals surface area contributed by atoms with Crippen LogP contribution >= 0.6 is 23.5 Å². The molecule has 0 saturated carbocycles. The van der Waals surface area contributed by atoms with Gasteiger partial charge in [-0.05, 0) is 16.0 Å². The van der Waals surface area contributed by atoms with Crippen LogP contribution in [-0.2, 0) is 14.4 Å². The highest BCUT2D eigenvalue weighted by atomic mass is 32.2. The molecular weight excluding hydrogens is 358 g/mol. The van der Waals surface area contributed by atoms with Gasteiger partial charge in [0, 0.05) is 18.4 Å². The maximum atomic E-state index is 11.9. The summed E-state index contributed by atoms with van der Waals surface area (Å²) in [7, 11) is 0. The maximum Gasteiger partial charge on any atom is 0.352 e. The first-order valence-electron chi connectivity index (χ1n) is 6.74. The molecule has 1 aromatic heterocycles. The third-order valence-corrected chi connectivity index (χ3v) is 5.74. The molecule has 3 rings (SSSR count). The molecule has 0 unspecified atom stereocenters. The Kier molecular flexibility index (Phi) is 4.47. The third kappa shape index (κ3) is 2.85. The van der Waals surface area contributed by atoms with Crippen LogP contribution in [0, 0.1) is 0 Å². The number of tetrazole rings is 1.